The lowest BCUT2D eigenvalue weighted by Gasteiger charge is -2.19. The zero-order valence-corrected chi connectivity index (χ0v) is 40.6. The third-order valence-electron chi connectivity index (χ3n) is 14.6. The summed E-state index contributed by atoms with van der Waals surface area (Å²) in [6, 6.07) is 51.3. The van der Waals surface area contributed by atoms with E-state index in [-0.39, 0.29) is 0 Å². The first-order valence-corrected chi connectivity index (χ1v) is 24.7. The van der Waals surface area contributed by atoms with E-state index in [1.807, 2.05) is 24.3 Å². The highest BCUT2D eigenvalue weighted by molar-refractivity contribution is 5.88. The topological polar surface area (TPSA) is 77.8 Å². The van der Waals surface area contributed by atoms with Crippen LogP contribution in [0.2, 0.25) is 0 Å². The average Bonchev–Trinajstić information content (AvgIpc) is 4.03. The molecule has 0 spiro atoms. The molecule has 4 atom stereocenters. The lowest BCUT2D eigenvalue weighted by Crippen LogP contribution is -2.02. The van der Waals surface area contributed by atoms with Crippen molar-refractivity contribution in [1.82, 2.24) is 19.9 Å². The van der Waals surface area contributed by atoms with E-state index in [2.05, 4.69) is 177 Å². The summed E-state index contributed by atoms with van der Waals surface area (Å²) in [5.41, 5.74) is 20.8. The van der Waals surface area contributed by atoms with Gasteiger partial charge in [-0.1, -0.05) is 140 Å². The molecule has 0 aliphatic heterocycles. The molecule has 3 aromatic heterocycles. The quantitative estimate of drug-likeness (QED) is 0.108. The second-order valence-electron chi connectivity index (χ2n) is 18.9. The van der Waals surface area contributed by atoms with Crippen LogP contribution in [0.1, 0.15) is 127 Å². The van der Waals surface area contributed by atoms with Crippen LogP contribution in [0.5, 0.6) is 0 Å². The van der Waals surface area contributed by atoms with Crippen molar-refractivity contribution in [2.24, 2.45) is 0 Å². The zero-order chi connectivity index (χ0) is 47.1. The fourth-order valence-electron chi connectivity index (χ4n) is 9.50. The van der Waals surface area contributed by atoms with Gasteiger partial charge in [0.2, 0.25) is 11.8 Å². The summed E-state index contributed by atoms with van der Waals surface area (Å²) in [5.74, 6) is 3.16. The molecule has 0 radical (unpaired) electrons. The lowest BCUT2D eigenvalue weighted by atomic mass is 9.86. The summed E-state index contributed by atoms with van der Waals surface area (Å²) in [6.45, 7) is 18.2. The molecular weight excluding hydrogens is 833 g/mol. The number of benzene rings is 7. The molecule has 0 saturated carbocycles. The van der Waals surface area contributed by atoms with Crippen molar-refractivity contribution in [3.63, 3.8) is 0 Å². The second-order valence-corrected chi connectivity index (χ2v) is 18.9. The van der Waals surface area contributed by atoms with E-state index < -0.39 is 0 Å². The molecule has 340 valence electrons. The number of fused-ring (bicyclic) bond motifs is 3. The molecule has 4 unspecified atom stereocenters. The van der Waals surface area contributed by atoms with E-state index in [9.17, 15) is 0 Å². The maximum absolute atomic E-state index is 6.40. The van der Waals surface area contributed by atoms with Gasteiger partial charge in [0.05, 0.1) is 22.4 Å². The van der Waals surface area contributed by atoms with Gasteiger partial charge in [0.25, 0.3) is 0 Å². The summed E-state index contributed by atoms with van der Waals surface area (Å²) < 4.78 is 12.8. The molecule has 0 aliphatic carbocycles. The normalized spacial score (nSPS) is 13.6. The smallest absolute Gasteiger partial charge is 0.227 e. The molecule has 0 amide bonds. The molecule has 68 heavy (non-hydrogen) atoms. The third-order valence-corrected chi connectivity index (χ3v) is 14.6. The number of nitrogens with zero attached hydrogens (tertiary/aromatic N) is 4. The number of hydrogen-bond donors (Lipinski definition) is 0. The van der Waals surface area contributed by atoms with E-state index in [0.717, 1.165) is 115 Å². The van der Waals surface area contributed by atoms with Gasteiger partial charge in [0.1, 0.15) is 11.0 Å². The van der Waals surface area contributed by atoms with Gasteiger partial charge >= 0.3 is 0 Å². The summed E-state index contributed by atoms with van der Waals surface area (Å²) in [4.78, 5) is 20.3. The van der Waals surface area contributed by atoms with E-state index in [1.54, 1.807) is 0 Å². The molecule has 10 aromatic rings. The van der Waals surface area contributed by atoms with Gasteiger partial charge in [-0.05, 0) is 155 Å². The Bertz CT molecular complexity index is 3060. The van der Waals surface area contributed by atoms with Crippen LogP contribution < -0.4 is 0 Å². The summed E-state index contributed by atoms with van der Waals surface area (Å²) in [6.07, 6.45) is 4.36. The van der Waals surface area contributed by atoms with Crippen molar-refractivity contribution in [3.8, 4) is 67.7 Å². The molecule has 3 heterocycles. The van der Waals surface area contributed by atoms with Crippen molar-refractivity contribution in [1.29, 1.82) is 0 Å². The number of rotatable bonds is 14. The molecule has 0 bridgehead atoms. The summed E-state index contributed by atoms with van der Waals surface area (Å²) >= 11 is 0. The van der Waals surface area contributed by atoms with Crippen LogP contribution in [0, 0.1) is 0 Å². The van der Waals surface area contributed by atoms with Gasteiger partial charge in [0.15, 0.2) is 11.2 Å². The van der Waals surface area contributed by atoms with Crippen molar-refractivity contribution in [3.05, 3.63) is 168 Å². The minimum atomic E-state index is 0.464. The monoisotopic (exact) mass is 892 g/mol. The fourth-order valence-corrected chi connectivity index (χ4v) is 9.50. The van der Waals surface area contributed by atoms with Crippen LogP contribution in [-0.4, -0.2) is 19.9 Å². The molecule has 6 nitrogen and oxygen atoms in total. The van der Waals surface area contributed by atoms with Crippen LogP contribution in [-0.2, 0) is 0 Å². The predicted molar refractivity (Wildman–Crippen MR) is 282 cm³/mol. The lowest BCUT2D eigenvalue weighted by molar-refractivity contribution is 0.616. The maximum atomic E-state index is 6.40. The van der Waals surface area contributed by atoms with Gasteiger partial charge in [-0.2, -0.15) is 0 Å². The molecule has 0 saturated heterocycles. The highest BCUT2D eigenvalue weighted by Gasteiger charge is 2.21. The van der Waals surface area contributed by atoms with Gasteiger partial charge in [-0.3, -0.25) is 0 Å². The van der Waals surface area contributed by atoms with Crippen molar-refractivity contribution in [2.75, 3.05) is 0 Å². The number of hydrogen-bond acceptors (Lipinski definition) is 6. The van der Waals surface area contributed by atoms with E-state index in [0.29, 0.717) is 35.5 Å². The van der Waals surface area contributed by atoms with Gasteiger partial charge in [0, 0.05) is 22.3 Å². The first-order chi connectivity index (χ1) is 33.1. The van der Waals surface area contributed by atoms with Crippen molar-refractivity contribution < 1.29 is 8.83 Å². The SMILES string of the molecule is CCC(C)c1cc2nc(-c3ccc(-c4ccc(-c5nc6ccccc6nc5-c5ccc(-c6ccc(-c7nc8cc(C(C)CC)c(C(C)CC)cc8o7)cc6)cc5)cc4)cc3)oc2cc1C(C)CC. The highest BCUT2D eigenvalue weighted by Crippen LogP contribution is 2.39. The minimum absolute atomic E-state index is 0.464. The largest absolute Gasteiger partial charge is 0.436 e. The second kappa shape index (κ2) is 18.8. The Morgan fingerprint density at radius 3 is 0.912 bits per heavy atom. The molecular formula is C62H60N4O2. The first-order valence-electron chi connectivity index (χ1n) is 24.7. The average molecular weight is 893 g/mol. The Balaban J connectivity index is 0.896. The Kier molecular flexibility index (Phi) is 12.4. The molecule has 0 fully saturated rings. The van der Waals surface area contributed by atoms with Crippen molar-refractivity contribution >= 4 is 33.2 Å². The number of oxazole rings is 2. The van der Waals surface area contributed by atoms with Gasteiger partial charge in [-0.15, -0.1) is 0 Å². The Hall–Kier alpha value is -7.18. The summed E-state index contributed by atoms with van der Waals surface area (Å²) in [5, 5.41) is 0. The number of aromatic nitrogens is 4. The van der Waals surface area contributed by atoms with Crippen molar-refractivity contribution in [2.45, 2.75) is 105 Å². The van der Waals surface area contributed by atoms with Crippen LogP contribution in [0.25, 0.3) is 101 Å². The van der Waals surface area contributed by atoms with E-state index in [1.165, 1.54) is 22.3 Å². The molecule has 0 aliphatic rings. The Labute approximate surface area is 400 Å². The van der Waals surface area contributed by atoms with Gasteiger partial charge in [-0.25, -0.2) is 19.9 Å². The third kappa shape index (κ3) is 8.53. The Morgan fingerprint density at radius 2 is 0.603 bits per heavy atom. The first kappa shape index (κ1) is 44.6. The standard InChI is InChI=1S/C62H60N4O2/c1-9-37(5)49-33-55-57(35-51(49)39(7)11-3)67-61(65-55)47-29-21-43(22-30-47)41-17-25-45(26-18-41)59-60(64-54-16-14-13-15-53(54)63-59)46-27-19-42(20-28-46)44-23-31-48(32-24-44)62-66-56-34-50(38(6)10-2)52(40(8)12-4)36-58(56)68-62/h13-40H,9-12H2,1-8H3. The number of para-hydroxylation sites is 2. The van der Waals surface area contributed by atoms with Crippen LogP contribution in [0.3, 0.4) is 0 Å². The fraction of sp³-hybridized carbons (Fsp3) is 0.258. The van der Waals surface area contributed by atoms with Crippen LogP contribution in [0.4, 0.5) is 0 Å². The van der Waals surface area contributed by atoms with Crippen LogP contribution >= 0.6 is 0 Å². The molecule has 10 rings (SSSR count). The summed E-state index contributed by atoms with van der Waals surface area (Å²) in [7, 11) is 0. The maximum Gasteiger partial charge on any atom is 0.227 e. The Morgan fingerprint density at radius 1 is 0.324 bits per heavy atom. The van der Waals surface area contributed by atoms with E-state index in [4.69, 9.17) is 28.8 Å². The zero-order valence-electron chi connectivity index (χ0n) is 40.6. The van der Waals surface area contributed by atoms with Crippen LogP contribution in [0.15, 0.2) is 154 Å². The van der Waals surface area contributed by atoms with E-state index >= 15 is 0 Å². The highest BCUT2D eigenvalue weighted by atomic mass is 16.4. The minimum Gasteiger partial charge on any atom is -0.436 e. The molecule has 7 aromatic carbocycles. The molecule has 6 heteroatoms. The predicted octanol–water partition coefficient (Wildman–Crippen LogP) is 18.0. The van der Waals surface area contributed by atoms with Gasteiger partial charge < -0.3 is 8.83 Å². The molecule has 0 N–H and O–H groups in total.